The standard InChI is InChI=1S/C22H23ClN4O4/c1-13(2)21-15(11-25-27(21)19-7-5-6-8-24-19)22(29)31-12-20(28)26-17-9-14(3)16(23)10-18(17)30-4/h5-11,13H,12H2,1-4H3,(H,26,28). The van der Waals surface area contributed by atoms with Crippen molar-refractivity contribution in [2.45, 2.75) is 26.7 Å². The van der Waals surface area contributed by atoms with Gasteiger partial charge in [0.2, 0.25) is 0 Å². The first-order valence-electron chi connectivity index (χ1n) is 9.62. The van der Waals surface area contributed by atoms with Crippen LogP contribution in [0.2, 0.25) is 5.02 Å². The third-order valence-electron chi connectivity index (χ3n) is 4.53. The highest BCUT2D eigenvalue weighted by molar-refractivity contribution is 6.31. The summed E-state index contributed by atoms with van der Waals surface area (Å²) in [4.78, 5) is 29.3. The van der Waals surface area contributed by atoms with Gasteiger partial charge in [0, 0.05) is 17.3 Å². The van der Waals surface area contributed by atoms with Gasteiger partial charge in [-0.2, -0.15) is 5.10 Å². The number of methoxy groups -OCH3 is 1. The Balaban J connectivity index is 1.72. The molecule has 0 radical (unpaired) electrons. The molecule has 0 fully saturated rings. The summed E-state index contributed by atoms with van der Waals surface area (Å²) in [5, 5.41) is 7.48. The minimum Gasteiger partial charge on any atom is -0.495 e. The molecule has 0 bridgehead atoms. The molecule has 2 aromatic heterocycles. The number of anilines is 1. The lowest BCUT2D eigenvalue weighted by Crippen LogP contribution is -2.22. The molecule has 0 spiro atoms. The third-order valence-corrected chi connectivity index (χ3v) is 4.94. The predicted octanol–water partition coefficient (Wildman–Crippen LogP) is 4.16. The molecule has 0 unspecified atom stereocenters. The summed E-state index contributed by atoms with van der Waals surface area (Å²) in [6.07, 6.45) is 3.08. The molecule has 3 rings (SSSR count). The third kappa shape index (κ3) is 5.03. The summed E-state index contributed by atoms with van der Waals surface area (Å²) < 4.78 is 12.1. The van der Waals surface area contributed by atoms with E-state index in [1.54, 1.807) is 35.1 Å². The van der Waals surface area contributed by atoms with Crippen LogP contribution in [0.1, 0.15) is 41.4 Å². The average molecular weight is 443 g/mol. The van der Waals surface area contributed by atoms with Crippen LogP contribution in [0.5, 0.6) is 5.75 Å². The summed E-state index contributed by atoms with van der Waals surface area (Å²) in [6, 6.07) is 8.73. The van der Waals surface area contributed by atoms with Gasteiger partial charge < -0.3 is 14.8 Å². The number of ether oxygens (including phenoxy) is 2. The molecule has 0 atom stereocenters. The zero-order valence-electron chi connectivity index (χ0n) is 17.7. The fourth-order valence-corrected chi connectivity index (χ4v) is 3.21. The minimum atomic E-state index is -0.639. The van der Waals surface area contributed by atoms with E-state index in [1.807, 2.05) is 26.8 Å². The van der Waals surface area contributed by atoms with Crippen LogP contribution in [0.4, 0.5) is 5.69 Å². The van der Waals surface area contributed by atoms with E-state index >= 15 is 0 Å². The summed E-state index contributed by atoms with van der Waals surface area (Å²) in [5.74, 6) is -0.165. The van der Waals surface area contributed by atoms with E-state index in [2.05, 4.69) is 15.4 Å². The maximum absolute atomic E-state index is 12.7. The Labute approximate surface area is 185 Å². The molecule has 2 heterocycles. The van der Waals surface area contributed by atoms with E-state index in [0.717, 1.165) is 5.56 Å². The maximum atomic E-state index is 12.7. The highest BCUT2D eigenvalue weighted by atomic mass is 35.5. The second kappa shape index (κ2) is 9.61. The number of halogens is 1. The Hall–Kier alpha value is -3.39. The van der Waals surface area contributed by atoms with Gasteiger partial charge in [-0.15, -0.1) is 0 Å². The highest BCUT2D eigenvalue weighted by Gasteiger charge is 2.23. The van der Waals surface area contributed by atoms with Crippen LogP contribution in [0.15, 0.2) is 42.7 Å². The van der Waals surface area contributed by atoms with E-state index < -0.39 is 18.5 Å². The Bertz CT molecular complexity index is 1100. The first-order valence-corrected chi connectivity index (χ1v) is 10.00. The first-order chi connectivity index (χ1) is 14.8. The quantitative estimate of drug-likeness (QED) is 0.552. The molecule has 1 N–H and O–H groups in total. The molecular weight excluding hydrogens is 420 g/mol. The minimum absolute atomic E-state index is 0.0258. The van der Waals surface area contributed by atoms with Crippen LogP contribution in [-0.4, -0.2) is 40.4 Å². The molecule has 3 aromatic rings. The van der Waals surface area contributed by atoms with Crippen LogP contribution >= 0.6 is 11.6 Å². The highest BCUT2D eigenvalue weighted by Crippen LogP contribution is 2.31. The van der Waals surface area contributed by atoms with Crippen molar-refractivity contribution in [2.24, 2.45) is 0 Å². The van der Waals surface area contributed by atoms with Crippen molar-refractivity contribution in [3.63, 3.8) is 0 Å². The maximum Gasteiger partial charge on any atom is 0.342 e. The monoisotopic (exact) mass is 442 g/mol. The molecular formula is C22H23ClN4O4. The molecule has 0 aliphatic heterocycles. The van der Waals surface area contributed by atoms with E-state index in [0.29, 0.717) is 28.0 Å². The largest absolute Gasteiger partial charge is 0.495 e. The molecule has 9 heteroatoms. The number of carbonyl (C=O) groups excluding carboxylic acids is 2. The number of pyridine rings is 1. The number of aryl methyl sites for hydroxylation is 1. The van der Waals surface area contributed by atoms with Crippen LogP contribution < -0.4 is 10.1 Å². The number of esters is 1. The van der Waals surface area contributed by atoms with Crippen LogP contribution in [0.3, 0.4) is 0 Å². The van der Waals surface area contributed by atoms with Gasteiger partial charge in [0.15, 0.2) is 12.4 Å². The van der Waals surface area contributed by atoms with Crippen LogP contribution in [0.25, 0.3) is 5.82 Å². The van der Waals surface area contributed by atoms with E-state index in [9.17, 15) is 9.59 Å². The number of nitrogens with one attached hydrogen (secondary N) is 1. The topological polar surface area (TPSA) is 95.3 Å². The molecule has 8 nitrogen and oxygen atoms in total. The summed E-state index contributed by atoms with van der Waals surface area (Å²) in [5.41, 5.74) is 2.15. The molecule has 0 aliphatic rings. The smallest absolute Gasteiger partial charge is 0.342 e. The van der Waals surface area contributed by atoms with Crippen LogP contribution in [0, 0.1) is 6.92 Å². The van der Waals surface area contributed by atoms with E-state index in [4.69, 9.17) is 21.1 Å². The number of hydrogen-bond donors (Lipinski definition) is 1. The predicted molar refractivity (Wildman–Crippen MR) is 117 cm³/mol. The number of amides is 1. The number of carbonyl (C=O) groups is 2. The molecule has 0 saturated carbocycles. The van der Waals surface area contributed by atoms with Crippen molar-refractivity contribution >= 4 is 29.2 Å². The number of hydrogen-bond acceptors (Lipinski definition) is 6. The van der Waals surface area contributed by atoms with Gasteiger partial charge in [0.1, 0.15) is 11.3 Å². The lowest BCUT2D eigenvalue weighted by atomic mass is 10.1. The normalized spacial score (nSPS) is 10.8. The van der Waals surface area contributed by atoms with Gasteiger partial charge in [-0.25, -0.2) is 14.5 Å². The van der Waals surface area contributed by atoms with Crippen molar-refractivity contribution in [1.29, 1.82) is 0 Å². The van der Waals surface area contributed by atoms with Crippen molar-refractivity contribution in [3.05, 3.63) is 64.6 Å². The number of nitrogens with zero attached hydrogens (tertiary/aromatic N) is 3. The molecule has 1 aromatic carbocycles. The zero-order valence-corrected chi connectivity index (χ0v) is 18.4. The van der Waals surface area contributed by atoms with Gasteiger partial charge >= 0.3 is 5.97 Å². The van der Waals surface area contributed by atoms with Crippen molar-refractivity contribution in [1.82, 2.24) is 14.8 Å². The number of benzene rings is 1. The zero-order chi connectivity index (χ0) is 22.5. The Morgan fingerprint density at radius 1 is 1.26 bits per heavy atom. The SMILES string of the molecule is COc1cc(Cl)c(C)cc1NC(=O)COC(=O)c1cnn(-c2ccccn2)c1C(C)C. The van der Waals surface area contributed by atoms with E-state index in [1.165, 1.54) is 13.3 Å². The van der Waals surface area contributed by atoms with Crippen molar-refractivity contribution in [3.8, 4) is 11.6 Å². The molecule has 0 aliphatic carbocycles. The van der Waals surface area contributed by atoms with Gasteiger partial charge in [-0.3, -0.25) is 4.79 Å². The Kier molecular flexibility index (Phi) is 6.91. The lowest BCUT2D eigenvalue weighted by Gasteiger charge is -2.13. The summed E-state index contributed by atoms with van der Waals surface area (Å²) in [7, 11) is 1.48. The van der Waals surface area contributed by atoms with E-state index in [-0.39, 0.29) is 11.5 Å². The fraction of sp³-hybridized carbons (Fsp3) is 0.273. The van der Waals surface area contributed by atoms with Crippen molar-refractivity contribution in [2.75, 3.05) is 19.0 Å². The fourth-order valence-electron chi connectivity index (χ4n) is 3.06. The molecule has 1 amide bonds. The van der Waals surface area contributed by atoms with Gasteiger partial charge in [0.05, 0.1) is 24.7 Å². The second-order valence-corrected chi connectivity index (χ2v) is 7.53. The van der Waals surface area contributed by atoms with Crippen molar-refractivity contribution < 1.29 is 19.1 Å². The summed E-state index contributed by atoms with van der Waals surface area (Å²) in [6.45, 7) is 5.23. The summed E-state index contributed by atoms with van der Waals surface area (Å²) >= 11 is 6.08. The number of rotatable bonds is 7. The van der Waals surface area contributed by atoms with Gasteiger partial charge in [0.25, 0.3) is 5.91 Å². The molecule has 162 valence electrons. The van der Waals surface area contributed by atoms with Gasteiger partial charge in [-0.05, 0) is 36.6 Å². The number of aromatic nitrogens is 3. The Morgan fingerprint density at radius 3 is 2.68 bits per heavy atom. The first kappa shape index (κ1) is 22.3. The molecule has 31 heavy (non-hydrogen) atoms. The van der Waals surface area contributed by atoms with Gasteiger partial charge in [-0.1, -0.05) is 31.5 Å². The Morgan fingerprint density at radius 2 is 2.03 bits per heavy atom. The average Bonchev–Trinajstić information content (AvgIpc) is 3.20. The lowest BCUT2D eigenvalue weighted by molar-refractivity contribution is -0.119. The molecule has 0 saturated heterocycles. The van der Waals surface area contributed by atoms with Crippen LogP contribution in [-0.2, 0) is 9.53 Å². The second-order valence-electron chi connectivity index (χ2n) is 7.12.